The molecule has 1 aromatic rings. The van der Waals surface area contributed by atoms with E-state index in [2.05, 4.69) is 5.32 Å². The molecule has 0 atom stereocenters. The van der Waals surface area contributed by atoms with Gasteiger partial charge in [0.05, 0.1) is 17.9 Å². The monoisotopic (exact) mass is 315 g/mol. The van der Waals surface area contributed by atoms with Crippen LogP contribution in [0.3, 0.4) is 0 Å². The number of hydrogen-bond donors (Lipinski definition) is 3. The maximum Gasteiger partial charge on any atom is 0.304 e. The van der Waals surface area contributed by atoms with Gasteiger partial charge < -0.3 is 10.4 Å². The van der Waals surface area contributed by atoms with Crippen molar-refractivity contribution in [2.75, 3.05) is 25.5 Å². The minimum atomic E-state index is -3.76. The molecule has 0 aliphatic heterocycles. The van der Waals surface area contributed by atoms with Crippen LogP contribution in [0, 0.1) is 0 Å². The van der Waals surface area contributed by atoms with Gasteiger partial charge in [-0.1, -0.05) is 0 Å². The van der Waals surface area contributed by atoms with Gasteiger partial charge in [0.15, 0.2) is 0 Å². The molecular formula is C12H17N3O5S. The second kappa shape index (κ2) is 7.16. The maximum atomic E-state index is 11.7. The van der Waals surface area contributed by atoms with Crippen molar-refractivity contribution in [3.8, 4) is 0 Å². The summed E-state index contributed by atoms with van der Waals surface area (Å²) in [6.07, 6.45) is -0.0488. The van der Waals surface area contributed by atoms with Gasteiger partial charge in [-0.25, -0.2) is 13.6 Å². The summed E-state index contributed by atoms with van der Waals surface area (Å²) < 4.78 is 22.1. The first kappa shape index (κ1) is 17.1. The van der Waals surface area contributed by atoms with E-state index in [0.717, 1.165) is 0 Å². The third-order valence-electron chi connectivity index (χ3n) is 2.59. The number of carboxylic acid groups (broad SMARTS) is 1. The van der Waals surface area contributed by atoms with Crippen molar-refractivity contribution in [2.24, 2.45) is 5.14 Å². The molecule has 4 N–H and O–H groups in total. The number of amides is 1. The summed E-state index contributed by atoms with van der Waals surface area (Å²) in [5, 5.41) is 16.1. The molecule has 0 radical (unpaired) electrons. The highest BCUT2D eigenvalue weighted by Gasteiger charge is 2.10. The van der Waals surface area contributed by atoms with Crippen molar-refractivity contribution >= 4 is 27.6 Å². The van der Waals surface area contributed by atoms with E-state index in [1.54, 1.807) is 11.9 Å². The summed E-state index contributed by atoms with van der Waals surface area (Å²) in [6, 6.07) is 5.43. The molecule has 0 aliphatic rings. The SMILES string of the molecule is CN(CCC(=O)O)CC(=O)Nc1ccc(S(N)(=O)=O)cc1. The third kappa shape index (κ3) is 6.34. The largest absolute Gasteiger partial charge is 0.481 e. The Morgan fingerprint density at radius 3 is 2.33 bits per heavy atom. The van der Waals surface area contributed by atoms with Gasteiger partial charge in [-0.15, -0.1) is 0 Å². The molecule has 21 heavy (non-hydrogen) atoms. The van der Waals surface area contributed by atoms with Gasteiger partial charge >= 0.3 is 5.97 Å². The molecule has 1 amide bonds. The minimum absolute atomic E-state index is 0.0320. The van der Waals surface area contributed by atoms with Crippen LogP contribution in [0.25, 0.3) is 0 Å². The molecule has 0 bridgehead atoms. The van der Waals surface area contributed by atoms with E-state index in [0.29, 0.717) is 5.69 Å². The van der Waals surface area contributed by atoms with Crippen LogP contribution >= 0.6 is 0 Å². The van der Waals surface area contributed by atoms with Crippen molar-refractivity contribution in [3.63, 3.8) is 0 Å². The number of carbonyl (C=O) groups excluding carboxylic acids is 1. The number of hydrogen-bond acceptors (Lipinski definition) is 5. The van der Waals surface area contributed by atoms with Gasteiger partial charge in [-0.05, 0) is 31.3 Å². The lowest BCUT2D eigenvalue weighted by Crippen LogP contribution is -2.31. The molecule has 8 nitrogen and oxygen atoms in total. The lowest BCUT2D eigenvalue weighted by Gasteiger charge is -2.15. The Labute approximate surface area is 122 Å². The number of primary sulfonamides is 1. The summed E-state index contributed by atoms with van der Waals surface area (Å²) in [4.78, 5) is 23.6. The van der Waals surface area contributed by atoms with Crippen LogP contribution in [-0.4, -0.2) is 50.4 Å². The molecule has 116 valence electrons. The highest BCUT2D eigenvalue weighted by atomic mass is 32.2. The molecule has 0 aromatic heterocycles. The lowest BCUT2D eigenvalue weighted by molar-refractivity contribution is -0.137. The number of likely N-dealkylation sites (N-methyl/N-ethyl adjacent to an activating group) is 1. The second-order valence-electron chi connectivity index (χ2n) is 4.50. The van der Waals surface area contributed by atoms with Crippen molar-refractivity contribution in [1.29, 1.82) is 0 Å². The van der Waals surface area contributed by atoms with E-state index in [1.165, 1.54) is 24.3 Å². The number of anilines is 1. The number of carbonyl (C=O) groups is 2. The van der Waals surface area contributed by atoms with E-state index in [1.807, 2.05) is 0 Å². The minimum Gasteiger partial charge on any atom is -0.481 e. The number of nitrogens with one attached hydrogen (secondary N) is 1. The Balaban J connectivity index is 2.53. The number of nitrogens with two attached hydrogens (primary N) is 1. The van der Waals surface area contributed by atoms with Crippen LogP contribution in [0.5, 0.6) is 0 Å². The summed E-state index contributed by atoms with van der Waals surface area (Å²) in [5.74, 6) is -1.26. The van der Waals surface area contributed by atoms with Crippen LogP contribution in [0.1, 0.15) is 6.42 Å². The Bertz CT molecular complexity index is 612. The van der Waals surface area contributed by atoms with Gasteiger partial charge in [0, 0.05) is 12.2 Å². The molecular weight excluding hydrogens is 298 g/mol. The molecule has 0 saturated heterocycles. The highest BCUT2D eigenvalue weighted by Crippen LogP contribution is 2.12. The molecule has 1 aromatic carbocycles. The average Bonchev–Trinajstić information content (AvgIpc) is 2.35. The fourth-order valence-electron chi connectivity index (χ4n) is 1.54. The van der Waals surface area contributed by atoms with Gasteiger partial charge in [0.1, 0.15) is 0 Å². The predicted octanol–water partition coefficient (Wildman–Crippen LogP) is -0.321. The first-order chi connectivity index (χ1) is 9.68. The molecule has 0 spiro atoms. The fraction of sp³-hybridized carbons (Fsp3) is 0.333. The second-order valence-corrected chi connectivity index (χ2v) is 6.06. The van der Waals surface area contributed by atoms with E-state index in [-0.39, 0.29) is 30.3 Å². The predicted molar refractivity (Wildman–Crippen MR) is 76.2 cm³/mol. The van der Waals surface area contributed by atoms with E-state index in [9.17, 15) is 18.0 Å². The lowest BCUT2D eigenvalue weighted by atomic mass is 10.3. The van der Waals surface area contributed by atoms with E-state index in [4.69, 9.17) is 10.2 Å². The van der Waals surface area contributed by atoms with Crippen molar-refractivity contribution < 1.29 is 23.1 Å². The van der Waals surface area contributed by atoms with Gasteiger partial charge in [0.2, 0.25) is 15.9 Å². The molecule has 0 heterocycles. The average molecular weight is 315 g/mol. The number of rotatable bonds is 7. The van der Waals surface area contributed by atoms with Gasteiger partial charge in [0.25, 0.3) is 0 Å². The van der Waals surface area contributed by atoms with Crippen LogP contribution in [-0.2, 0) is 19.6 Å². The van der Waals surface area contributed by atoms with E-state index >= 15 is 0 Å². The number of nitrogens with zero attached hydrogens (tertiary/aromatic N) is 1. The number of carboxylic acids is 1. The number of aliphatic carboxylic acids is 1. The maximum absolute atomic E-state index is 11.7. The highest BCUT2D eigenvalue weighted by molar-refractivity contribution is 7.89. The van der Waals surface area contributed by atoms with Crippen LogP contribution < -0.4 is 10.5 Å². The third-order valence-corrected chi connectivity index (χ3v) is 3.52. The Hall–Kier alpha value is -1.97. The van der Waals surface area contributed by atoms with E-state index < -0.39 is 16.0 Å². The van der Waals surface area contributed by atoms with Crippen molar-refractivity contribution in [2.45, 2.75) is 11.3 Å². The number of sulfonamides is 1. The molecule has 0 fully saturated rings. The quantitative estimate of drug-likeness (QED) is 0.632. The summed E-state index contributed by atoms with van der Waals surface area (Å²) >= 11 is 0. The van der Waals surface area contributed by atoms with Gasteiger partial charge in [-0.3, -0.25) is 14.5 Å². The summed E-state index contributed by atoms with van der Waals surface area (Å²) in [5.41, 5.74) is 0.430. The van der Waals surface area contributed by atoms with Crippen molar-refractivity contribution in [1.82, 2.24) is 4.90 Å². The molecule has 0 unspecified atom stereocenters. The topological polar surface area (TPSA) is 130 Å². The first-order valence-corrected chi connectivity index (χ1v) is 7.56. The van der Waals surface area contributed by atoms with Crippen LogP contribution in [0.4, 0.5) is 5.69 Å². The normalized spacial score (nSPS) is 11.4. The van der Waals surface area contributed by atoms with Gasteiger partial charge in [-0.2, -0.15) is 0 Å². The fourth-order valence-corrected chi connectivity index (χ4v) is 2.05. The standard InChI is InChI=1S/C12H17N3O5S/c1-15(7-6-12(17)18)8-11(16)14-9-2-4-10(5-3-9)21(13,19)20/h2-5H,6-8H2,1H3,(H,14,16)(H,17,18)(H2,13,19,20). The summed E-state index contributed by atoms with van der Waals surface area (Å²) in [6.45, 7) is 0.289. The molecule has 0 saturated carbocycles. The zero-order valence-electron chi connectivity index (χ0n) is 11.4. The first-order valence-electron chi connectivity index (χ1n) is 6.01. The molecule has 0 aliphatic carbocycles. The number of benzene rings is 1. The Morgan fingerprint density at radius 2 is 1.86 bits per heavy atom. The zero-order chi connectivity index (χ0) is 16.0. The van der Waals surface area contributed by atoms with Crippen LogP contribution in [0.15, 0.2) is 29.2 Å². The smallest absolute Gasteiger partial charge is 0.304 e. The summed E-state index contributed by atoms with van der Waals surface area (Å²) in [7, 11) is -2.13. The van der Waals surface area contributed by atoms with Crippen molar-refractivity contribution in [3.05, 3.63) is 24.3 Å². The van der Waals surface area contributed by atoms with Crippen LogP contribution in [0.2, 0.25) is 0 Å². The molecule has 9 heteroatoms. The Morgan fingerprint density at radius 1 is 1.29 bits per heavy atom. The Kier molecular flexibility index (Phi) is 5.82. The molecule has 1 rings (SSSR count). The zero-order valence-corrected chi connectivity index (χ0v) is 12.3.